The maximum Gasteiger partial charge on any atom is 0.350 e. The van der Waals surface area contributed by atoms with Gasteiger partial charge in [-0.05, 0) is 26.0 Å². The number of aliphatic carboxylic acids is 2. The fourth-order valence-corrected chi connectivity index (χ4v) is 8.19. The number of amides is 3. The molecular weight excluding hydrogens is 730 g/mol. The van der Waals surface area contributed by atoms with E-state index in [4.69, 9.17) is 26.9 Å². The summed E-state index contributed by atoms with van der Waals surface area (Å²) in [7, 11) is 1.36. The number of thiazole rings is 1. The van der Waals surface area contributed by atoms with Crippen LogP contribution in [0.2, 0.25) is 5.02 Å². The molecule has 2 atom stereocenters. The highest BCUT2D eigenvalue weighted by Crippen LogP contribution is 2.41. The summed E-state index contributed by atoms with van der Waals surface area (Å²) in [5.41, 5.74) is 3.82. The number of carbonyl (C=O) groups excluding carboxylic acids is 4. The molecule has 2 saturated heterocycles. The van der Waals surface area contributed by atoms with E-state index in [-0.39, 0.29) is 50.9 Å². The molecule has 3 aliphatic rings. The van der Waals surface area contributed by atoms with Gasteiger partial charge in [0.1, 0.15) is 23.7 Å². The van der Waals surface area contributed by atoms with Crippen molar-refractivity contribution in [2.24, 2.45) is 5.16 Å². The maximum atomic E-state index is 13.5. The molecule has 0 radical (unpaired) electrons. The van der Waals surface area contributed by atoms with Crippen LogP contribution >= 0.6 is 34.7 Å². The molecule has 1 aromatic carbocycles. The first-order valence-electron chi connectivity index (χ1n) is 15.7. The Kier molecular flexibility index (Phi) is 11.0. The number of carbonyl (C=O) groups is 5. The number of nitrogens with one attached hydrogen (secondary N) is 2. The van der Waals surface area contributed by atoms with Crippen molar-refractivity contribution in [2.45, 2.75) is 43.7 Å². The molecule has 0 bridgehead atoms. The number of rotatable bonds is 14. The van der Waals surface area contributed by atoms with Gasteiger partial charge in [0.2, 0.25) is 5.60 Å². The number of halogens is 1. The number of thioether (sulfide) groups is 1. The molecule has 17 nitrogen and oxygen atoms in total. The van der Waals surface area contributed by atoms with Gasteiger partial charge >= 0.3 is 5.97 Å². The Balaban J connectivity index is 1.29. The van der Waals surface area contributed by atoms with Crippen LogP contribution in [0.1, 0.15) is 42.7 Å². The van der Waals surface area contributed by atoms with Crippen molar-refractivity contribution in [3.05, 3.63) is 45.1 Å². The Morgan fingerprint density at radius 2 is 1.96 bits per heavy atom. The number of ether oxygens (including phenoxy) is 1. The van der Waals surface area contributed by atoms with Crippen molar-refractivity contribution in [1.29, 1.82) is 0 Å². The number of nitrogen functional groups attached to an aromatic ring is 1. The summed E-state index contributed by atoms with van der Waals surface area (Å²) in [5.74, 6) is -4.94. The van der Waals surface area contributed by atoms with Gasteiger partial charge in [0.25, 0.3) is 17.7 Å². The summed E-state index contributed by atoms with van der Waals surface area (Å²) >= 11 is 8.47. The molecule has 274 valence electrons. The number of hydrogen-bond donors (Lipinski definition) is 5. The summed E-state index contributed by atoms with van der Waals surface area (Å²) < 4.78 is 5.49. The van der Waals surface area contributed by atoms with E-state index < -0.39 is 52.4 Å². The number of benzene rings is 1. The lowest BCUT2D eigenvalue weighted by molar-refractivity contribution is -0.911. The third kappa shape index (κ3) is 7.70. The third-order valence-electron chi connectivity index (χ3n) is 8.84. The van der Waals surface area contributed by atoms with Gasteiger partial charge in [0.15, 0.2) is 22.3 Å². The van der Waals surface area contributed by atoms with Gasteiger partial charge in [-0.25, -0.2) is 9.78 Å². The third-order valence-corrected chi connectivity index (χ3v) is 11.2. The number of carboxylic acids is 2. The molecule has 0 aliphatic carbocycles. The minimum Gasteiger partial charge on any atom is -0.543 e. The van der Waals surface area contributed by atoms with E-state index in [1.165, 1.54) is 50.2 Å². The second-order valence-corrected chi connectivity index (χ2v) is 15.0. The molecule has 3 aliphatic heterocycles. The fourth-order valence-electron chi connectivity index (χ4n) is 6.06. The first-order valence-corrected chi connectivity index (χ1v) is 18.0. The van der Waals surface area contributed by atoms with Crippen LogP contribution in [0.15, 0.2) is 33.9 Å². The lowest BCUT2D eigenvalue weighted by Gasteiger charge is -2.51. The number of phenolic OH excluding ortho intramolecular Hbond substituents is 1. The molecule has 2 fully saturated rings. The number of carboxylic acid groups (broad SMARTS) is 2. The highest BCUT2D eigenvalue weighted by Gasteiger charge is 2.54. The molecule has 51 heavy (non-hydrogen) atoms. The number of likely N-dealkylation sites (tertiary alicyclic amines) is 1. The fraction of sp³-hybridized carbons (Fsp3) is 0.452. The topological polar surface area (TPSA) is 246 Å². The normalized spacial score (nSPS) is 20.0. The molecule has 0 spiro atoms. The molecule has 2 aromatic rings. The summed E-state index contributed by atoms with van der Waals surface area (Å²) in [6.45, 7) is 4.88. The molecule has 5 rings (SSSR count). The van der Waals surface area contributed by atoms with Crippen molar-refractivity contribution in [3.63, 3.8) is 0 Å². The van der Waals surface area contributed by atoms with Crippen LogP contribution in [-0.4, -0.2) is 123 Å². The van der Waals surface area contributed by atoms with Gasteiger partial charge in [-0.1, -0.05) is 16.8 Å². The summed E-state index contributed by atoms with van der Waals surface area (Å²) in [5, 5.41) is 41.9. The standard InChI is InChI=1S/C31H36ClN7O10S2/c1-31(2,29(46)47)49-37-20(17-14-51-30(33)35-17)25(42)36-21-26(43)38-22(28(44)45)15(13-50-27(21)38)12-39(9-4-5-10-39)11-8-34-24(41)16-6-7-18(48-3)23(40)19(16)32/h6-7,14,21,27H,4-5,8-13H2,1-3H3,(H6-,33,34,35,36,40,41,42,44,45,46,47)/b37-20-/t21-,27-/m1/s1. The van der Waals surface area contributed by atoms with E-state index in [2.05, 4.69) is 20.8 Å². The van der Waals surface area contributed by atoms with Gasteiger partial charge in [-0.2, -0.15) is 0 Å². The average molecular weight is 766 g/mol. The number of methoxy groups -OCH3 is 1. The largest absolute Gasteiger partial charge is 0.543 e. The Morgan fingerprint density at radius 1 is 1.25 bits per heavy atom. The van der Waals surface area contributed by atoms with E-state index in [9.17, 15) is 39.3 Å². The predicted octanol–water partition coefficient (Wildman–Crippen LogP) is 0.121. The summed E-state index contributed by atoms with van der Waals surface area (Å²) in [4.78, 5) is 74.1. The quantitative estimate of drug-likeness (QED) is 0.0744. The van der Waals surface area contributed by atoms with E-state index in [1.54, 1.807) is 0 Å². The van der Waals surface area contributed by atoms with Crippen LogP contribution in [0.3, 0.4) is 0 Å². The zero-order chi connectivity index (χ0) is 37.2. The molecule has 3 amide bonds. The molecule has 20 heteroatoms. The molecule has 6 N–H and O–H groups in total. The number of nitrogens with two attached hydrogens (primary N) is 1. The number of anilines is 1. The second kappa shape index (κ2) is 14.9. The number of oxime groups is 1. The SMILES string of the molecule is COc1ccc(C(=O)NCC[N+]2(CC3=C(C(=O)[O-])N4C(=O)[C@@H](NC(=O)/C(=N\OC(C)(C)C(=O)O)c5csc(N)n5)[C@H]4SC3)CCCC2)c(Cl)c1O. The summed E-state index contributed by atoms with van der Waals surface area (Å²) in [6, 6.07) is 1.74. The average Bonchev–Trinajstić information content (AvgIpc) is 3.73. The predicted molar refractivity (Wildman–Crippen MR) is 184 cm³/mol. The van der Waals surface area contributed by atoms with E-state index in [0.29, 0.717) is 36.2 Å². The minimum absolute atomic E-state index is 0.00483. The highest BCUT2D eigenvalue weighted by molar-refractivity contribution is 8.00. The zero-order valence-electron chi connectivity index (χ0n) is 27.8. The van der Waals surface area contributed by atoms with E-state index in [1.807, 2.05) is 0 Å². The van der Waals surface area contributed by atoms with Crippen molar-refractivity contribution < 1.29 is 53.3 Å². The zero-order valence-corrected chi connectivity index (χ0v) is 30.2. The van der Waals surface area contributed by atoms with Gasteiger partial charge < -0.3 is 50.5 Å². The second-order valence-electron chi connectivity index (χ2n) is 12.6. The number of aromatic hydroxyl groups is 1. The smallest absolute Gasteiger partial charge is 0.350 e. The van der Waals surface area contributed by atoms with E-state index >= 15 is 0 Å². The molecular formula is C31H36ClN7O10S2. The number of fused-ring (bicyclic) bond motifs is 1. The van der Waals surface area contributed by atoms with E-state index in [0.717, 1.165) is 29.1 Å². The van der Waals surface area contributed by atoms with Crippen LogP contribution in [-0.2, 0) is 24.0 Å². The molecule has 0 saturated carbocycles. The lowest BCUT2D eigenvalue weighted by atomic mass is 10.0. The van der Waals surface area contributed by atoms with Crippen molar-refractivity contribution in [3.8, 4) is 11.5 Å². The number of phenols is 1. The Hall–Kier alpha value is -4.59. The van der Waals surface area contributed by atoms with Crippen LogP contribution in [0.25, 0.3) is 0 Å². The number of hydrogen-bond acceptors (Lipinski definition) is 14. The van der Waals surface area contributed by atoms with Crippen LogP contribution in [0.5, 0.6) is 11.5 Å². The van der Waals surface area contributed by atoms with Crippen molar-refractivity contribution in [1.82, 2.24) is 20.5 Å². The van der Waals surface area contributed by atoms with Crippen LogP contribution in [0.4, 0.5) is 5.13 Å². The first-order chi connectivity index (χ1) is 24.1. The number of aromatic nitrogens is 1. The minimum atomic E-state index is -1.80. The molecule has 1 aromatic heterocycles. The molecule has 4 heterocycles. The van der Waals surface area contributed by atoms with Crippen molar-refractivity contribution in [2.75, 3.05) is 51.3 Å². The maximum absolute atomic E-state index is 13.5. The highest BCUT2D eigenvalue weighted by atomic mass is 35.5. The Labute approximate surface area is 305 Å². The number of nitrogens with zero attached hydrogens (tertiary/aromatic N) is 4. The first kappa shape index (κ1) is 37.7. The number of quaternary nitrogens is 1. The number of β-lactam (4-membered cyclic amide) rings is 1. The van der Waals surface area contributed by atoms with Gasteiger partial charge in [0, 0.05) is 29.5 Å². The molecule has 0 unspecified atom stereocenters. The Morgan fingerprint density at radius 3 is 2.57 bits per heavy atom. The van der Waals surface area contributed by atoms with Crippen molar-refractivity contribution >= 4 is 75.2 Å². The van der Waals surface area contributed by atoms with Crippen LogP contribution < -0.4 is 26.2 Å². The van der Waals surface area contributed by atoms with Crippen LogP contribution in [0, 0.1) is 0 Å². The Bertz CT molecular complexity index is 1820. The van der Waals surface area contributed by atoms with Gasteiger partial charge in [0.05, 0.1) is 55.5 Å². The summed E-state index contributed by atoms with van der Waals surface area (Å²) in [6.07, 6.45) is 1.77. The van der Waals surface area contributed by atoms with Gasteiger partial charge in [-0.3, -0.25) is 19.3 Å². The monoisotopic (exact) mass is 765 g/mol. The lowest BCUT2D eigenvalue weighted by Crippen LogP contribution is -2.72. The van der Waals surface area contributed by atoms with Gasteiger partial charge in [-0.15, -0.1) is 23.1 Å².